The molecule has 3 rings (SSSR count). The summed E-state index contributed by atoms with van der Waals surface area (Å²) in [6.07, 6.45) is 8.26. The van der Waals surface area contributed by atoms with E-state index in [9.17, 15) is 9.59 Å². The van der Waals surface area contributed by atoms with Gasteiger partial charge in [0.25, 0.3) is 0 Å². The largest absolute Gasteiger partial charge is 0.401 e. The number of nitrogens with one attached hydrogen (secondary N) is 1. The lowest BCUT2D eigenvalue weighted by molar-refractivity contribution is -0.141. The number of rotatable bonds is 6. The van der Waals surface area contributed by atoms with Crippen LogP contribution in [0.1, 0.15) is 38.5 Å². The summed E-state index contributed by atoms with van der Waals surface area (Å²) in [6, 6.07) is -0.746. The van der Waals surface area contributed by atoms with Gasteiger partial charge in [0, 0.05) is 24.4 Å². The first-order valence-electron chi connectivity index (χ1n) is 9.08. The average Bonchev–Trinajstić information content (AvgIpc) is 3.33. The lowest BCUT2D eigenvalue weighted by Gasteiger charge is -2.38. The van der Waals surface area contributed by atoms with Gasteiger partial charge in [-0.3, -0.25) is 4.79 Å². The molecule has 0 spiro atoms. The zero-order valence-corrected chi connectivity index (χ0v) is 14.2. The van der Waals surface area contributed by atoms with Gasteiger partial charge in [-0.2, -0.15) is 0 Å². The maximum atomic E-state index is 13.2. The Hall–Kier alpha value is -1.60. The first-order valence-corrected chi connectivity index (χ1v) is 9.08. The van der Waals surface area contributed by atoms with Crippen molar-refractivity contribution >= 4 is 12.2 Å². The molecule has 2 saturated heterocycles. The van der Waals surface area contributed by atoms with E-state index in [1.807, 2.05) is 0 Å². The van der Waals surface area contributed by atoms with E-state index < -0.39 is 6.04 Å². The Morgan fingerprint density at radius 2 is 1.92 bits per heavy atom. The fourth-order valence-electron chi connectivity index (χ4n) is 3.88. The second-order valence-electron chi connectivity index (χ2n) is 7.26. The first kappa shape index (κ1) is 17.2. The highest BCUT2D eigenvalue weighted by molar-refractivity contribution is 5.85. The summed E-state index contributed by atoms with van der Waals surface area (Å²) in [5.41, 5.74) is 6.86. The van der Waals surface area contributed by atoms with Crippen LogP contribution in [0.5, 0.6) is 0 Å². The van der Waals surface area contributed by atoms with Gasteiger partial charge in [-0.25, -0.2) is 5.84 Å². The summed E-state index contributed by atoms with van der Waals surface area (Å²) in [6.45, 7) is 2.42. The van der Waals surface area contributed by atoms with E-state index in [2.05, 4.69) is 5.32 Å². The Labute approximate surface area is 143 Å². The number of carbonyl (C=O) groups is 2. The van der Waals surface area contributed by atoms with Crippen molar-refractivity contribution in [3.8, 4) is 0 Å². The standard InChI is InChI=1S/C17H29N5O2/c18-15(12-3-4-12)10-22(19)16(13-5-7-20-8-6-13)17(24)21-9-1-2-14(21)11-23/h10-14,16,20H,1-9,18-19H2/b15-10-. The lowest BCUT2D eigenvalue weighted by atomic mass is 9.88. The van der Waals surface area contributed by atoms with Crippen molar-refractivity contribution in [2.75, 3.05) is 19.6 Å². The topological polar surface area (TPSA) is 105 Å². The van der Waals surface area contributed by atoms with Crippen LogP contribution >= 0.6 is 0 Å². The van der Waals surface area contributed by atoms with Gasteiger partial charge < -0.3 is 25.8 Å². The van der Waals surface area contributed by atoms with Gasteiger partial charge in [0.2, 0.25) is 5.91 Å². The molecule has 2 atom stereocenters. The van der Waals surface area contributed by atoms with E-state index in [4.69, 9.17) is 11.6 Å². The molecule has 3 fully saturated rings. The molecular weight excluding hydrogens is 306 g/mol. The number of hydrazine groups is 1. The van der Waals surface area contributed by atoms with Crippen LogP contribution in [0.4, 0.5) is 0 Å². The third kappa shape index (κ3) is 3.72. The van der Waals surface area contributed by atoms with E-state index >= 15 is 0 Å². The van der Waals surface area contributed by atoms with Crippen LogP contribution in [-0.4, -0.2) is 53.8 Å². The highest BCUT2D eigenvalue weighted by Gasteiger charge is 2.39. The van der Waals surface area contributed by atoms with Crippen molar-refractivity contribution in [2.45, 2.75) is 50.6 Å². The van der Waals surface area contributed by atoms with Crippen LogP contribution in [0.25, 0.3) is 0 Å². The molecule has 7 nitrogen and oxygen atoms in total. The number of nitrogens with two attached hydrogens (primary N) is 2. The average molecular weight is 335 g/mol. The molecule has 1 saturated carbocycles. The summed E-state index contributed by atoms with van der Waals surface area (Å²) in [5, 5.41) is 4.85. The predicted molar refractivity (Wildman–Crippen MR) is 91.2 cm³/mol. The van der Waals surface area contributed by atoms with Crippen LogP contribution in [-0.2, 0) is 9.59 Å². The maximum absolute atomic E-state index is 13.2. The number of hydrogen-bond acceptors (Lipinski definition) is 6. The molecule has 2 unspecified atom stereocenters. The summed E-state index contributed by atoms with van der Waals surface area (Å²) in [5.74, 6) is 6.85. The maximum Gasteiger partial charge on any atom is 0.247 e. The Morgan fingerprint density at radius 1 is 1.21 bits per heavy atom. The smallest absolute Gasteiger partial charge is 0.247 e. The van der Waals surface area contributed by atoms with Crippen molar-refractivity contribution in [3.63, 3.8) is 0 Å². The Bertz CT molecular complexity index is 499. The van der Waals surface area contributed by atoms with Crippen molar-refractivity contribution in [1.82, 2.24) is 15.2 Å². The monoisotopic (exact) mass is 335 g/mol. The van der Waals surface area contributed by atoms with E-state index in [1.54, 1.807) is 11.1 Å². The number of aldehydes is 1. The molecule has 0 aromatic rings. The van der Waals surface area contributed by atoms with E-state index in [1.165, 1.54) is 5.01 Å². The number of hydrogen-bond donors (Lipinski definition) is 3. The van der Waals surface area contributed by atoms with Gasteiger partial charge >= 0.3 is 0 Å². The Morgan fingerprint density at radius 3 is 2.54 bits per heavy atom. The summed E-state index contributed by atoms with van der Waals surface area (Å²) in [4.78, 5) is 26.2. The number of nitrogens with zero attached hydrogens (tertiary/aromatic N) is 2. The molecule has 0 aromatic heterocycles. The lowest BCUT2D eigenvalue weighted by Crippen LogP contribution is -2.56. The van der Waals surface area contributed by atoms with Gasteiger partial charge in [0.05, 0.1) is 6.04 Å². The normalized spacial score (nSPS) is 27.1. The minimum Gasteiger partial charge on any atom is -0.401 e. The molecule has 1 amide bonds. The van der Waals surface area contributed by atoms with Crippen molar-refractivity contribution in [3.05, 3.63) is 11.9 Å². The molecule has 7 heteroatoms. The molecule has 0 bridgehead atoms. The van der Waals surface area contributed by atoms with Crippen molar-refractivity contribution < 1.29 is 9.59 Å². The third-order valence-corrected chi connectivity index (χ3v) is 5.49. The van der Waals surface area contributed by atoms with E-state index in [0.717, 1.165) is 63.6 Å². The molecule has 2 aliphatic heterocycles. The summed E-state index contributed by atoms with van der Waals surface area (Å²) >= 11 is 0. The molecule has 0 aromatic carbocycles. The second-order valence-corrected chi connectivity index (χ2v) is 7.26. The number of likely N-dealkylation sites (tertiary alicyclic amines) is 1. The Balaban J connectivity index is 1.79. The molecule has 3 aliphatic rings. The van der Waals surface area contributed by atoms with Gasteiger partial charge in [0.15, 0.2) is 0 Å². The van der Waals surface area contributed by atoms with Crippen LogP contribution in [0.3, 0.4) is 0 Å². The minimum absolute atomic E-state index is 0.0288. The Kier molecular flexibility index (Phi) is 5.40. The zero-order valence-electron chi connectivity index (χ0n) is 14.2. The van der Waals surface area contributed by atoms with Crippen molar-refractivity contribution in [1.29, 1.82) is 0 Å². The molecule has 134 valence electrons. The zero-order chi connectivity index (χ0) is 17.1. The first-order chi connectivity index (χ1) is 11.6. The highest BCUT2D eigenvalue weighted by Crippen LogP contribution is 2.34. The van der Waals surface area contributed by atoms with Gasteiger partial charge in [-0.15, -0.1) is 0 Å². The molecule has 1 aliphatic carbocycles. The molecule has 24 heavy (non-hydrogen) atoms. The minimum atomic E-state index is -0.440. The van der Waals surface area contributed by atoms with Crippen LogP contribution < -0.4 is 16.9 Å². The van der Waals surface area contributed by atoms with Gasteiger partial charge in [-0.05, 0) is 57.5 Å². The molecule has 2 heterocycles. The third-order valence-electron chi connectivity index (χ3n) is 5.49. The SMILES string of the molecule is N/C(=C\N(N)C(C(=O)N1CCCC1C=O)C1CCNCC1)C1CC1. The highest BCUT2D eigenvalue weighted by atomic mass is 16.2. The number of carbonyl (C=O) groups excluding carboxylic acids is 2. The molecule has 5 N–H and O–H groups in total. The fourth-order valence-corrected chi connectivity index (χ4v) is 3.88. The summed E-state index contributed by atoms with van der Waals surface area (Å²) in [7, 11) is 0. The van der Waals surface area contributed by atoms with Gasteiger partial charge in [0.1, 0.15) is 12.3 Å². The van der Waals surface area contributed by atoms with E-state index in [-0.39, 0.29) is 17.9 Å². The summed E-state index contributed by atoms with van der Waals surface area (Å²) < 4.78 is 0. The second kappa shape index (κ2) is 7.53. The van der Waals surface area contributed by atoms with E-state index in [0.29, 0.717) is 12.5 Å². The fraction of sp³-hybridized carbons (Fsp3) is 0.765. The molecular formula is C17H29N5O2. The number of piperidine rings is 1. The van der Waals surface area contributed by atoms with Crippen molar-refractivity contribution in [2.24, 2.45) is 23.4 Å². The van der Waals surface area contributed by atoms with Crippen LogP contribution in [0.15, 0.2) is 11.9 Å². The van der Waals surface area contributed by atoms with Crippen LogP contribution in [0, 0.1) is 11.8 Å². The number of allylic oxidation sites excluding steroid dienone is 1. The van der Waals surface area contributed by atoms with Crippen LogP contribution in [0.2, 0.25) is 0 Å². The quantitative estimate of drug-likeness (QED) is 0.357. The molecule has 0 radical (unpaired) electrons. The predicted octanol–water partition coefficient (Wildman–Crippen LogP) is -0.0697. The van der Waals surface area contributed by atoms with Gasteiger partial charge in [-0.1, -0.05) is 0 Å². The number of amides is 1.